The van der Waals surface area contributed by atoms with Crippen LogP contribution < -0.4 is 0 Å². The lowest BCUT2D eigenvalue weighted by Gasteiger charge is -2.24. The molecule has 2 heterocycles. The molecular formula is C15H19N5. The average Bonchev–Trinajstić information content (AvgIpc) is 2.95. The molecule has 5 heteroatoms. The van der Waals surface area contributed by atoms with E-state index in [1.807, 2.05) is 18.2 Å². The molecule has 1 aliphatic rings. The summed E-state index contributed by atoms with van der Waals surface area (Å²) in [4.78, 5) is 2.33. The Morgan fingerprint density at radius 3 is 2.55 bits per heavy atom. The van der Waals surface area contributed by atoms with Gasteiger partial charge in [-0.1, -0.05) is 17.7 Å². The van der Waals surface area contributed by atoms with Crippen LogP contribution in [0.5, 0.6) is 0 Å². The second-order valence-electron chi connectivity index (χ2n) is 5.20. The minimum absolute atomic E-state index is 0.763. The molecule has 1 aliphatic heterocycles. The quantitative estimate of drug-likeness (QED) is 0.858. The third-order valence-corrected chi connectivity index (χ3v) is 3.60. The Bertz CT molecular complexity index is 579. The van der Waals surface area contributed by atoms with Gasteiger partial charge in [0.25, 0.3) is 0 Å². The summed E-state index contributed by atoms with van der Waals surface area (Å²) in [6, 6.07) is 8.19. The van der Waals surface area contributed by atoms with Gasteiger partial charge in [0.05, 0.1) is 5.69 Å². The first kappa shape index (κ1) is 12.8. The van der Waals surface area contributed by atoms with E-state index in [4.69, 9.17) is 0 Å². The molecule has 0 amide bonds. The molecule has 0 aliphatic carbocycles. The molecule has 1 saturated heterocycles. The molecule has 2 aromatic rings. The highest BCUT2D eigenvalue weighted by atomic mass is 15.5. The van der Waals surface area contributed by atoms with Crippen LogP contribution in [0.3, 0.4) is 0 Å². The van der Waals surface area contributed by atoms with Gasteiger partial charge in [0, 0.05) is 25.4 Å². The van der Waals surface area contributed by atoms with Crippen molar-refractivity contribution in [1.29, 1.82) is 0 Å². The summed E-state index contributed by atoms with van der Waals surface area (Å²) in [7, 11) is 0. The largest absolute Gasteiger partial charge is 0.377 e. The number of aromatic nitrogens is 4. The fraction of sp³-hybridized carbons (Fsp3) is 0.400. The van der Waals surface area contributed by atoms with Gasteiger partial charge in [-0.3, -0.25) is 0 Å². The molecule has 0 bridgehead atoms. The highest BCUT2D eigenvalue weighted by Gasteiger charge is 2.08. The minimum atomic E-state index is 0.763. The molecule has 0 spiro atoms. The van der Waals surface area contributed by atoms with Crippen LogP contribution >= 0.6 is 0 Å². The number of tetrazole rings is 1. The average molecular weight is 269 g/mol. The third-order valence-electron chi connectivity index (χ3n) is 3.60. The van der Waals surface area contributed by atoms with Crippen molar-refractivity contribution in [3.63, 3.8) is 0 Å². The maximum atomic E-state index is 4.09. The number of rotatable bonds is 3. The predicted molar refractivity (Wildman–Crippen MR) is 78.3 cm³/mol. The Kier molecular flexibility index (Phi) is 3.76. The van der Waals surface area contributed by atoms with Crippen LogP contribution in [-0.4, -0.2) is 38.2 Å². The van der Waals surface area contributed by atoms with Crippen molar-refractivity contribution < 1.29 is 0 Å². The molecular weight excluding hydrogens is 250 g/mol. The van der Waals surface area contributed by atoms with Crippen molar-refractivity contribution in [3.05, 3.63) is 41.9 Å². The highest BCUT2D eigenvalue weighted by molar-refractivity contribution is 5.44. The van der Waals surface area contributed by atoms with Crippen LogP contribution in [0.1, 0.15) is 30.7 Å². The zero-order valence-corrected chi connectivity index (χ0v) is 11.7. The number of hydrogen-bond acceptors (Lipinski definition) is 4. The van der Waals surface area contributed by atoms with Gasteiger partial charge in [0.1, 0.15) is 0 Å². The summed E-state index contributed by atoms with van der Waals surface area (Å²) in [6.45, 7) is 4.33. The molecule has 5 nitrogen and oxygen atoms in total. The van der Waals surface area contributed by atoms with Crippen LogP contribution in [0.15, 0.2) is 30.5 Å². The molecule has 0 saturated carbocycles. The standard InChI is InChI=1S/C15H19N5/c1-13-5-7-14(8-6-13)20-15(16-17-18-20)9-12-19-10-3-2-4-11-19/h5-9,12H,2-4,10-11H2,1H3/b12-9+. The lowest BCUT2D eigenvalue weighted by molar-refractivity contribution is 0.311. The summed E-state index contributed by atoms with van der Waals surface area (Å²) < 4.78 is 1.76. The first-order valence-electron chi connectivity index (χ1n) is 7.10. The smallest absolute Gasteiger partial charge is 0.181 e. The first-order chi connectivity index (χ1) is 9.83. The van der Waals surface area contributed by atoms with Crippen molar-refractivity contribution in [3.8, 4) is 5.69 Å². The van der Waals surface area contributed by atoms with E-state index in [0.29, 0.717) is 0 Å². The topological polar surface area (TPSA) is 46.8 Å². The molecule has 20 heavy (non-hydrogen) atoms. The number of likely N-dealkylation sites (tertiary alicyclic amines) is 1. The van der Waals surface area contributed by atoms with Crippen molar-refractivity contribution in [1.82, 2.24) is 25.1 Å². The second kappa shape index (κ2) is 5.86. The molecule has 1 aromatic carbocycles. The van der Waals surface area contributed by atoms with Gasteiger partial charge in [0.15, 0.2) is 5.82 Å². The molecule has 0 unspecified atom stereocenters. The van der Waals surface area contributed by atoms with E-state index in [1.165, 1.54) is 24.8 Å². The van der Waals surface area contributed by atoms with Crippen molar-refractivity contribution in [2.45, 2.75) is 26.2 Å². The molecule has 104 valence electrons. The number of aryl methyl sites for hydroxylation is 1. The fourth-order valence-corrected chi connectivity index (χ4v) is 2.41. The normalized spacial score (nSPS) is 15.9. The Labute approximate surface area is 118 Å². The molecule has 1 aromatic heterocycles. The van der Waals surface area contributed by atoms with Crippen LogP contribution in [0, 0.1) is 6.92 Å². The van der Waals surface area contributed by atoms with Gasteiger partial charge in [-0.25, -0.2) is 0 Å². The summed E-state index contributed by atoms with van der Waals surface area (Å²) in [6.07, 6.45) is 7.98. The van der Waals surface area contributed by atoms with Gasteiger partial charge < -0.3 is 4.90 Å². The summed E-state index contributed by atoms with van der Waals surface area (Å²) in [5.74, 6) is 0.763. The molecule has 3 rings (SSSR count). The molecule has 0 atom stereocenters. The molecule has 1 fully saturated rings. The van der Waals surface area contributed by atoms with Crippen LogP contribution in [-0.2, 0) is 0 Å². The Morgan fingerprint density at radius 1 is 1.05 bits per heavy atom. The fourth-order valence-electron chi connectivity index (χ4n) is 2.41. The van der Waals surface area contributed by atoms with E-state index in [9.17, 15) is 0 Å². The second-order valence-corrected chi connectivity index (χ2v) is 5.20. The summed E-state index contributed by atoms with van der Waals surface area (Å²) in [5, 5.41) is 11.9. The van der Waals surface area contributed by atoms with E-state index in [0.717, 1.165) is 24.6 Å². The number of piperidine rings is 1. The SMILES string of the molecule is Cc1ccc(-n2nnnc2/C=C/N2CCCCC2)cc1. The Hall–Kier alpha value is -2.17. The van der Waals surface area contributed by atoms with E-state index in [1.54, 1.807) is 4.68 Å². The third kappa shape index (κ3) is 2.87. The zero-order chi connectivity index (χ0) is 13.8. The van der Waals surface area contributed by atoms with Gasteiger partial charge in [0.2, 0.25) is 0 Å². The number of hydrogen-bond donors (Lipinski definition) is 0. The maximum absolute atomic E-state index is 4.09. The van der Waals surface area contributed by atoms with Gasteiger partial charge in [-0.15, -0.1) is 5.10 Å². The lowest BCUT2D eigenvalue weighted by Crippen LogP contribution is -2.24. The lowest BCUT2D eigenvalue weighted by atomic mass is 10.1. The zero-order valence-electron chi connectivity index (χ0n) is 11.7. The van der Waals surface area contributed by atoms with E-state index in [-0.39, 0.29) is 0 Å². The first-order valence-corrected chi connectivity index (χ1v) is 7.10. The summed E-state index contributed by atoms with van der Waals surface area (Å²) in [5.41, 5.74) is 2.21. The predicted octanol–water partition coefficient (Wildman–Crippen LogP) is 2.43. The van der Waals surface area contributed by atoms with Crippen molar-refractivity contribution >= 4 is 6.08 Å². The Balaban J connectivity index is 1.79. The number of benzene rings is 1. The van der Waals surface area contributed by atoms with Gasteiger partial charge >= 0.3 is 0 Å². The minimum Gasteiger partial charge on any atom is -0.377 e. The molecule has 0 radical (unpaired) electrons. The van der Waals surface area contributed by atoms with Crippen LogP contribution in [0.25, 0.3) is 11.8 Å². The monoisotopic (exact) mass is 269 g/mol. The van der Waals surface area contributed by atoms with Gasteiger partial charge in [-0.2, -0.15) is 4.68 Å². The van der Waals surface area contributed by atoms with Gasteiger partial charge in [-0.05, 0) is 48.7 Å². The number of nitrogens with zero attached hydrogens (tertiary/aromatic N) is 5. The Morgan fingerprint density at radius 2 is 1.80 bits per heavy atom. The van der Waals surface area contributed by atoms with Crippen molar-refractivity contribution in [2.24, 2.45) is 0 Å². The van der Waals surface area contributed by atoms with Crippen LogP contribution in [0.4, 0.5) is 0 Å². The molecule has 0 N–H and O–H groups in total. The van der Waals surface area contributed by atoms with E-state index < -0.39 is 0 Å². The van der Waals surface area contributed by atoms with E-state index >= 15 is 0 Å². The van der Waals surface area contributed by atoms with Crippen molar-refractivity contribution in [2.75, 3.05) is 13.1 Å². The summed E-state index contributed by atoms with van der Waals surface area (Å²) >= 11 is 0. The van der Waals surface area contributed by atoms with Crippen LogP contribution in [0.2, 0.25) is 0 Å². The maximum Gasteiger partial charge on any atom is 0.181 e. The van der Waals surface area contributed by atoms with E-state index in [2.05, 4.69) is 45.7 Å². The highest BCUT2D eigenvalue weighted by Crippen LogP contribution is 2.12.